The van der Waals surface area contributed by atoms with E-state index in [1.165, 1.54) is 0 Å². The van der Waals surface area contributed by atoms with E-state index in [0.29, 0.717) is 29.2 Å². The molecule has 4 heteroatoms. The number of benzene rings is 2. The fraction of sp³-hybridized carbons (Fsp3) is 0.176. The van der Waals surface area contributed by atoms with E-state index in [-0.39, 0.29) is 5.91 Å². The highest BCUT2D eigenvalue weighted by Crippen LogP contribution is 2.18. The molecular formula is C17H15ClN2O. The first-order chi connectivity index (χ1) is 10.2. The summed E-state index contributed by atoms with van der Waals surface area (Å²) < 4.78 is 0. The summed E-state index contributed by atoms with van der Waals surface area (Å²) in [7, 11) is 0. The molecule has 0 N–H and O–H groups in total. The van der Waals surface area contributed by atoms with E-state index in [2.05, 4.69) is 0 Å². The Morgan fingerprint density at radius 2 is 2.00 bits per heavy atom. The Morgan fingerprint density at radius 3 is 2.67 bits per heavy atom. The highest BCUT2D eigenvalue weighted by Gasteiger charge is 2.15. The number of carbonyl (C=O) groups is 1. The molecule has 0 spiro atoms. The van der Waals surface area contributed by atoms with Crippen LogP contribution in [0.1, 0.15) is 28.4 Å². The van der Waals surface area contributed by atoms with Crippen molar-refractivity contribution >= 4 is 17.5 Å². The second kappa shape index (κ2) is 6.92. The SMILES string of the molecule is CCN(Cc1ccccc1Cl)C(=O)c1cccc(C#N)c1. The van der Waals surface area contributed by atoms with E-state index < -0.39 is 0 Å². The molecule has 2 rings (SSSR count). The molecule has 0 aliphatic carbocycles. The molecule has 0 bridgehead atoms. The van der Waals surface area contributed by atoms with Gasteiger partial charge in [-0.05, 0) is 36.8 Å². The molecule has 0 saturated heterocycles. The quantitative estimate of drug-likeness (QED) is 0.860. The molecule has 2 aromatic rings. The zero-order chi connectivity index (χ0) is 15.2. The number of halogens is 1. The number of rotatable bonds is 4. The molecule has 2 aromatic carbocycles. The van der Waals surface area contributed by atoms with Gasteiger partial charge in [-0.2, -0.15) is 5.26 Å². The fourth-order valence-electron chi connectivity index (χ4n) is 2.06. The second-order valence-corrected chi connectivity index (χ2v) is 5.01. The zero-order valence-corrected chi connectivity index (χ0v) is 12.5. The van der Waals surface area contributed by atoms with Gasteiger partial charge in [-0.15, -0.1) is 0 Å². The number of hydrogen-bond acceptors (Lipinski definition) is 2. The molecule has 1 amide bonds. The largest absolute Gasteiger partial charge is 0.335 e. The Kier molecular flexibility index (Phi) is 4.97. The van der Waals surface area contributed by atoms with Gasteiger partial charge in [0.15, 0.2) is 0 Å². The minimum Gasteiger partial charge on any atom is -0.335 e. The molecule has 0 aromatic heterocycles. The first-order valence-electron chi connectivity index (χ1n) is 6.68. The van der Waals surface area contributed by atoms with Crippen LogP contribution in [0.25, 0.3) is 0 Å². The number of nitrogens with zero attached hydrogens (tertiary/aromatic N) is 2. The van der Waals surface area contributed by atoms with E-state index >= 15 is 0 Å². The van der Waals surface area contributed by atoms with Gasteiger partial charge in [-0.1, -0.05) is 35.9 Å². The minimum atomic E-state index is -0.102. The van der Waals surface area contributed by atoms with Crippen molar-refractivity contribution in [1.82, 2.24) is 4.90 Å². The zero-order valence-electron chi connectivity index (χ0n) is 11.7. The molecule has 106 valence electrons. The molecule has 0 radical (unpaired) electrons. The van der Waals surface area contributed by atoms with Gasteiger partial charge in [0, 0.05) is 23.7 Å². The molecule has 0 unspecified atom stereocenters. The minimum absolute atomic E-state index is 0.102. The maximum atomic E-state index is 12.5. The van der Waals surface area contributed by atoms with Crippen LogP contribution in [0.3, 0.4) is 0 Å². The van der Waals surface area contributed by atoms with Gasteiger partial charge in [0.05, 0.1) is 11.6 Å². The van der Waals surface area contributed by atoms with Gasteiger partial charge in [0.2, 0.25) is 0 Å². The van der Waals surface area contributed by atoms with E-state index in [1.54, 1.807) is 29.2 Å². The molecule has 0 aliphatic rings. The summed E-state index contributed by atoms with van der Waals surface area (Å²) in [5.74, 6) is -0.102. The van der Waals surface area contributed by atoms with Crippen LogP contribution in [-0.4, -0.2) is 17.4 Å². The van der Waals surface area contributed by atoms with Crippen molar-refractivity contribution in [2.45, 2.75) is 13.5 Å². The fourth-order valence-corrected chi connectivity index (χ4v) is 2.26. The van der Waals surface area contributed by atoms with Crippen molar-refractivity contribution in [3.63, 3.8) is 0 Å². The van der Waals surface area contributed by atoms with Gasteiger partial charge in [0.25, 0.3) is 5.91 Å². The third-order valence-electron chi connectivity index (χ3n) is 3.23. The lowest BCUT2D eigenvalue weighted by Crippen LogP contribution is -2.30. The molecule has 3 nitrogen and oxygen atoms in total. The summed E-state index contributed by atoms with van der Waals surface area (Å²) in [5, 5.41) is 9.57. The summed E-state index contributed by atoms with van der Waals surface area (Å²) in [6.45, 7) is 2.94. The van der Waals surface area contributed by atoms with E-state index in [9.17, 15) is 4.79 Å². The Balaban J connectivity index is 2.23. The predicted molar refractivity (Wildman–Crippen MR) is 83.0 cm³/mol. The standard InChI is InChI=1S/C17H15ClN2O/c1-2-20(12-15-7-3-4-9-16(15)18)17(21)14-8-5-6-13(10-14)11-19/h3-10H,2,12H2,1H3. The van der Waals surface area contributed by atoms with Gasteiger partial charge < -0.3 is 4.90 Å². The van der Waals surface area contributed by atoms with Crippen molar-refractivity contribution in [2.24, 2.45) is 0 Å². The maximum Gasteiger partial charge on any atom is 0.254 e. The molecule has 0 fully saturated rings. The number of hydrogen-bond donors (Lipinski definition) is 0. The van der Waals surface area contributed by atoms with Crippen LogP contribution in [0.15, 0.2) is 48.5 Å². The first-order valence-corrected chi connectivity index (χ1v) is 7.06. The lowest BCUT2D eigenvalue weighted by Gasteiger charge is -2.21. The lowest BCUT2D eigenvalue weighted by atomic mass is 10.1. The van der Waals surface area contributed by atoms with Crippen molar-refractivity contribution < 1.29 is 4.79 Å². The topological polar surface area (TPSA) is 44.1 Å². The number of amides is 1. The smallest absolute Gasteiger partial charge is 0.254 e. The van der Waals surface area contributed by atoms with Crippen LogP contribution in [-0.2, 0) is 6.54 Å². The molecule has 0 aliphatic heterocycles. The summed E-state index contributed by atoms with van der Waals surface area (Å²) in [4.78, 5) is 14.2. The van der Waals surface area contributed by atoms with Gasteiger partial charge >= 0.3 is 0 Å². The van der Waals surface area contributed by atoms with Crippen molar-refractivity contribution in [2.75, 3.05) is 6.54 Å². The molecule has 0 saturated carbocycles. The average Bonchev–Trinajstić information content (AvgIpc) is 2.53. The average molecular weight is 299 g/mol. The molecular weight excluding hydrogens is 284 g/mol. The highest BCUT2D eigenvalue weighted by atomic mass is 35.5. The second-order valence-electron chi connectivity index (χ2n) is 4.60. The van der Waals surface area contributed by atoms with Crippen molar-refractivity contribution in [3.05, 3.63) is 70.2 Å². The van der Waals surface area contributed by atoms with E-state index in [4.69, 9.17) is 16.9 Å². The predicted octanol–water partition coefficient (Wildman–Crippen LogP) is 3.87. The number of nitriles is 1. The van der Waals surface area contributed by atoms with Gasteiger partial charge in [-0.25, -0.2) is 0 Å². The Labute approximate surface area is 129 Å². The van der Waals surface area contributed by atoms with Crippen molar-refractivity contribution in [3.8, 4) is 6.07 Å². The van der Waals surface area contributed by atoms with Gasteiger partial charge in [-0.3, -0.25) is 4.79 Å². The summed E-state index contributed by atoms with van der Waals surface area (Å²) in [6.07, 6.45) is 0. The molecule has 21 heavy (non-hydrogen) atoms. The van der Waals surface area contributed by atoms with E-state index in [1.807, 2.05) is 37.3 Å². The number of carbonyl (C=O) groups excluding carboxylic acids is 1. The monoisotopic (exact) mass is 298 g/mol. The van der Waals surface area contributed by atoms with Crippen LogP contribution >= 0.6 is 11.6 Å². The Morgan fingerprint density at radius 1 is 1.24 bits per heavy atom. The van der Waals surface area contributed by atoms with Crippen LogP contribution in [0.2, 0.25) is 5.02 Å². The first kappa shape index (κ1) is 15.1. The third-order valence-corrected chi connectivity index (χ3v) is 3.60. The highest BCUT2D eigenvalue weighted by molar-refractivity contribution is 6.31. The van der Waals surface area contributed by atoms with Gasteiger partial charge in [0.1, 0.15) is 0 Å². The van der Waals surface area contributed by atoms with Crippen LogP contribution in [0.5, 0.6) is 0 Å². The van der Waals surface area contributed by atoms with Crippen LogP contribution in [0, 0.1) is 11.3 Å². The third kappa shape index (κ3) is 3.62. The Hall–Kier alpha value is -2.31. The van der Waals surface area contributed by atoms with Crippen LogP contribution < -0.4 is 0 Å². The van der Waals surface area contributed by atoms with E-state index in [0.717, 1.165) is 5.56 Å². The molecule has 0 atom stereocenters. The summed E-state index contributed by atoms with van der Waals surface area (Å²) >= 11 is 6.14. The summed E-state index contributed by atoms with van der Waals surface area (Å²) in [5.41, 5.74) is 1.91. The lowest BCUT2D eigenvalue weighted by molar-refractivity contribution is 0.0752. The Bertz CT molecular complexity index is 691. The maximum absolute atomic E-state index is 12.5. The van der Waals surface area contributed by atoms with Crippen LogP contribution in [0.4, 0.5) is 0 Å². The summed E-state index contributed by atoms with van der Waals surface area (Å²) in [6, 6.07) is 16.3. The molecule has 0 heterocycles. The van der Waals surface area contributed by atoms with Crippen molar-refractivity contribution in [1.29, 1.82) is 5.26 Å². The normalized spacial score (nSPS) is 9.95.